The lowest BCUT2D eigenvalue weighted by Crippen LogP contribution is -2.36. The van der Waals surface area contributed by atoms with Gasteiger partial charge in [0.2, 0.25) is 0 Å². The van der Waals surface area contributed by atoms with E-state index in [1.807, 2.05) is 48.8 Å². The number of piperidine rings is 1. The van der Waals surface area contributed by atoms with Crippen LogP contribution in [0.5, 0.6) is 0 Å². The molecule has 0 bridgehead atoms. The van der Waals surface area contributed by atoms with Crippen molar-refractivity contribution in [2.75, 3.05) is 30.8 Å². The number of nitrogens with two attached hydrogens (primary N) is 1. The van der Waals surface area contributed by atoms with E-state index >= 15 is 0 Å². The summed E-state index contributed by atoms with van der Waals surface area (Å²) in [6.45, 7) is 2.22. The third-order valence-corrected chi connectivity index (χ3v) is 8.01. The summed E-state index contributed by atoms with van der Waals surface area (Å²) in [5.74, 6) is 0.388. The molecule has 38 heavy (non-hydrogen) atoms. The summed E-state index contributed by atoms with van der Waals surface area (Å²) in [6.07, 6.45) is 8.53. The normalized spacial score (nSPS) is 21.0. The summed E-state index contributed by atoms with van der Waals surface area (Å²) in [4.78, 5) is 19.8. The van der Waals surface area contributed by atoms with Gasteiger partial charge in [0.1, 0.15) is 5.82 Å². The minimum Gasteiger partial charge on any atom is -0.382 e. The van der Waals surface area contributed by atoms with Gasteiger partial charge in [-0.15, -0.1) is 0 Å². The van der Waals surface area contributed by atoms with E-state index in [1.165, 1.54) is 0 Å². The smallest absolute Gasteiger partial charge is 0.256 e. The lowest BCUT2D eigenvalue weighted by atomic mass is 9.91. The number of nitrogens with zero attached hydrogens (tertiary/aromatic N) is 4. The van der Waals surface area contributed by atoms with E-state index in [0.29, 0.717) is 23.5 Å². The van der Waals surface area contributed by atoms with Gasteiger partial charge in [-0.1, -0.05) is 6.07 Å². The molecule has 2 unspecified atom stereocenters. The number of aromatic amines is 1. The average molecular weight is 513 g/mol. The first kappa shape index (κ1) is 24.6. The fourth-order valence-corrected chi connectivity index (χ4v) is 5.76. The number of anilines is 2. The van der Waals surface area contributed by atoms with E-state index in [0.717, 1.165) is 79.6 Å². The van der Waals surface area contributed by atoms with Gasteiger partial charge < -0.3 is 25.8 Å². The van der Waals surface area contributed by atoms with Gasteiger partial charge in [-0.25, -0.2) is 4.98 Å². The molecule has 9 nitrogen and oxygen atoms in total. The average Bonchev–Trinajstić information content (AvgIpc) is 3.57. The van der Waals surface area contributed by atoms with Crippen molar-refractivity contribution < 1.29 is 4.79 Å². The first-order valence-corrected chi connectivity index (χ1v) is 13.7. The Bertz CT molecular complexity index is 1400. The van der Waals surface area contributed by atoms with Crippen LogP contribution in [0, 0.1) is 0 Å². The van der Waals surface area contributed by atoms with Crippen molar-refractivity contribution in [3.8, 4) is 11.3 Å². The molecule has 3 heterocycles. The summed E-state index contributed by atoms with van der Waals surface area (Å²) in [5, 5.41) is 14.0. The topological polar surface area (TPSA) is 117 Å². The molecule has 2 aromatic heterocycles. The van der Waals surface area contributed by atoms with Gasteiger partial charge >= 0.3 is 0 Å². The standard InChI is InChI=1S/C29H36N8O/c1-36-13-11-23(12-14-36)32-22-8-5-19(6-9-22)29(38)33-28-17-26(34-35-28)20-7-10-25-27(15-20)37(18-31-25)24-4-2-3-21(30)16-24/h5-10,15,17-18,21,23-24,32H,2-4,11-14,16,30H2,1H3,(H2,33,34,35,38). The molecule has 0 radical (unpaired) electrons. The van der Waals surface area contributed by atoms with Crippen molar-refractivity contribution in [3.63, 3.8) is 0 Å². The largest absolute Gasteiger partial charge is 0.382 e. The molecule has 1 amide bonds. The molecule has 2 aliphatic rings. The summed E-state index contributed by atoms with van der Waals surface area (Å²) in [6, 6.07) is 16.8. The van der Waals surface area contributed by atoms with Crippen LogP contribution in [0.15, 0.2) is 54.9 Å². The van der Waals surface area contributed by atoms with Gasteiger partial charge in [-0.05, 0) is 95.1 Å². The van der Waals surface area contributed by atoms with E-state index in [4.69, 9.17) is 5.73 Å². The van der Waals surface area contributed by atoms with Gasteiger partial charge in [0.25, 0.3) is 5.91 Å². The van der Waals surface area contributed by atoms with E-state index in [9.17, 15) is 4.79 Å². The summed E-state index contributed by atoms with van der Waals surface area (Å²) < 4.78 is 2.26. The highest BCUT2D eigenvalue weighted by Crippen LogP contribution is 2.32. The van der Waals surface area contributed by atoms with Crippen LogP contribution in [-0.2, 0) is 0 Å². The maximum absolute atomic E-state index is 12.9. The number of aromatic nitrogens is 4. The minimum atomic E-state index is -0.173. The van der Waals surface area contributed by atoms with Crippen molar-refractivity contribution in [2.24, 2.45) is 5.73 Å². The molecule has 2 atom stereocenters. The Balaban J connectivity index is 1.12. The number of hydrogen-bond donors (Lipinski definition) is 4. The van der Waals surface area contributed by atoms with Gasteiger partial charge in [0, 0.05) is 41.0 Å². The van der Waals surface area contributed by atoms with Crippen LogP contribution in [0.25, 0.3) is 22.3 Å². The Hall–Kier alpha value is -3.69. The second kappa shape index (κ2) is 10.6. The van der Waals surface area contributed by atoms with Crippen molar-refractivity contribution in [1.29, 1.82) is 0 Å². The third kappa shape index (κ3) is 5.30. The van der Waals surface area contributed by atoms with Crippen LogP contribution < -0.4 is 16.4 Å². The van der Waals surface area contributed by atoms with Gasteiger partial charge in [0.05, 0.1) is 23.1 Å². The number of carbonyl (C=O) groups is 1. The number of hydrogen-bond acceptors (Lipinski definition) is 6. The van der Waals surface area contributed by atoms with Gasteiger partial charge in [-0.2, -0.15) is 5.10 Å². The second-order valence-corrected chi connectivity index (χ2v) is 10.9. The predicted octanol–water partition coefficient (Wildman–Crippen LogP) is 4.63. The van der Waals surface area contributed by atoms with Crippen molar-refractivity contribution in [2.45, 2.75) is 56.7 Å². The van der Waals surface area contributed by atoms with E-state index in [-0.39, 0.29) is 11.9 Å². The van der Waals surface area contributed by atoms with Crippen LogP contribution in [0.4, 0.5) is 11.5 Å². The number of nitrogens with one attached hydrogen (secondary N) is 3. The highest BCUT2D eigenvalue weighted by Gasteiger charge is 2.22. The molecule has 2 fully saturated rings. The van der Waals surface area contributed by atoms with Crippen molar-refractivity contribution >= 4 is 28.4 Å². The molecular formula is C29H36N8O. The van der Waals surface area contributed by atoms with Crippen LogP contribution in [0.1, 0.15) is 54.9 Å². The number of benzene rings is 2. The third-order valence-electron chi connectivity index (χ3n) is 8.01. The zero-order valence-corrected chi connectivity index (χ0v) is 21.9. The fraction of sp³-hybridized carbons (Fsp3) is 0.414. The van der Waals surface area contributed by atoms with E-state index in [2.05, 4.69) is 48.4 Å². The molecule has 1 saturated carbocycles. The van der Waals surface area contributed by atoms with Gasteiger partial charge in [-0.3, -0.25) is 9.89 Å². The summed E-state index contributed by atoms with van der Waals surface area (Å²) >= 11 is 0. The molecule has 1 aliphatic heterocycles. The lowest BCUT2D eigenvalue weighted by Gasteiger charge is -2.30. The maximum atomic E-state index is 12.9. The quantitative estimate of drug-likeness (QED) is 0.299. The zero-order valence-electron chi connectivity index (χ0n) is 21.9. The van der Waals surface area contributed by atoms with E-state index in [1.54, 1.807) is 0 Å². The Morgan fingerprint density at radius 3 is 2.66 bits per heavy atom. The molecule has 4 aromatic rings. The Labute approximate surface area is 222 Å². The number of rotatable bonds is 6. The number of amides is 1. The first-order chi connectivity index (χ1) is 18.5. The highest BCUT2D eigenvalue weighted by molar-refractivity contribution is 6.04. The first-order valence-electron chi connectivity index (χ1n) is 13.7. The summed E-state index contributed by atoms with van der Waals surface area (Å²) in [5.41, 5.74) is 11.7. The van der Waals surface area contributed by atoms with Crippen LogP contribution in [-0.4, -0.2) is 62.8 Å². The van der Waals surface area contributed by atoms with Gasteiger partial charge in [0.15, 0.2) is 0 Å². The molecule has 1 aliphatic carbocycles. The Morgan fingerprint density at radius 2 is 1.87 bits per heavy atom. The molecule has 1 saturated heterocycles. The molecule has 6 rings (SSSR count). The second-order valence-electron chi connectivity index (χ2n) is 10.9. The van der Waals surface area contributed by atoms with Crippen LogP contribution >= 0.6 is 0 Å². The van der Waals surface area contributed by atoms with Crippen molar-refractivity contribution in [3.05, 3.63) is 60.4 Å². The van der Waals surface area contributed by atoms with Crippen LogP contribution in [0.3, 0.4) is 0 Å². The lowest BCUT2D eigenvalue weighted by molar-refractivity contribution is 0.102. The van der Waals surface area contributed by atoms with Crippen LogP contribution in [0.2, 0.25) is 0 Å². The summed E-state index contributed by atoms with van der Waals surface area (Å²) in [7, 11) is 2.16. The molecule has 0 spiro atoms. The highest BCUT2D eigenvalue weighted by atomic mass is 16.1. The molecule has 5 N–H and O–H groups in total. The number of carbonyl (C=O) groups excluding carboxylic acids is 1. The van der Waals surface area contributed by atoms with E-state index < -0.39 is 0 Å². The van der Waals surface area contributed by atoms with Crippen molar-refractivity contribution in [1.82, 2.24) is 24.6 Å². The Kier molecular flexibility index (Phi) is 6.86. The fourth-order valence-electron chi connectivity index (χ4n) is 5.76. The maximum Gasteiger partial charge on any atom is 0.256 e. The number of H-pyrrole nitrogens is 1. The SMILES string of the molecule is CN1CCC(Nc2ccc(C(=O)Nc3cc(-c4ccc5ncn(C6CCCC(N)C6)c5c4)n[nH]3)cc2)CC1. The number of imidazole rings is 1. The molecule has 198 valence electrons. The minimum absolute atomic E-state index is 0.173. The Morgan fingerprint density at radius 1 is 1.05 bits per heavy atom. The molecule has 2 aromatic carbocycles. The number of likely N-dealkylation sites (tertiary alicyclic amines) is 1. The molecular weight excluding hydrogens is 476 g/mol. The zero-order chi connectivity index (χ0) is 26.1. The predicted molar refractivity (Wildman–Crippen MR) is 151 cm³/mol. The monoisotopic (exact) mass is 512 g/mol. The molecule has 9 heteroatoms. The number of fused-ring (bicyclic) bond motifs is 1.